The van der Waals surface area contributed by atoms with Crippen molar-refractivity contribution in [3.8, 4) is 0 Å². The van der Waals surface area contributed by atoms with E-state index in [1.807, 2.05) is 0 Å². The highest BCUT2D eigenvalue weighted by molar-refractivity contribution is 4.62. The SMILES string of the molecule is CCCCCC1CCCOCCC1. The smallest absolute Gasteiger partial charge is 0.0466 e. The molecule has 0 bridgehead atoms. The number of unbranched alkanes of at least 4 members (excludes halogenated alkanes) is 2. The predicted octanol–water partition coefficient (Wildman–Crippen LogP) is 3.77. The van der Waals surface area contributed by atoms with Gasteiger partial charge in [-0.25, -0.2) is 0 Å². The van der Waals surface area contributed by atoms with Crippen molar-refractivity contribution in [3.05, 3.63) is 0 Å². The molecule has 1 nitrogen and oxygen atoms in total. The largest absolute Gasteiger partial charge is 0.381 e. The van der Waals surface area contributed by atoms with Crippen molar-refractivity contribution in [2.24, 2.45) is 5.92 Å². The van der Waals surface area contributed by atoms with Crippen molar-refractivity contribution < 1.29 is 4.74 Å². The van der Waals surface area contributed by atoms with Crippen LogP contribution in [-0.2, 0) is 4.74 Å². The molecule has 0 atom stereocenters. The van der Waals surface area contributed by atoms with Gasteiger partial charge in [0, 0.05) is 13.2 Å². The van der Waals surface area contributed by atoms with Crippen LogP contribution in [0.4, 0.5) is 0 Å². The third-order valence-electron chi connectivity index (χ3n) is 3.02. The maximum absolute atomic E-state index is 5.45. The Morgan fingerprint density at radius 3 is 2.38 bits per heavy atom. The van der Waals surface area contributed by atoms with Crippen molar-refractivity contribution in [2.45, 2.75) is 58.3 Å². The molecule has 0 unspecified atom stereocenters. The van der Waals surface area contributed by atoms with Crippen molar-refractivity contribution in [1.29, 1.82) is 0 Å². The molecule has 1 aliphatic rings. The van der Waals surface area contributed by atoms with E-state index in [4.69, 9.17) is 4.74 Å². The third kappa shape index (κ3) is 5.30. The molecule has 1 heterocycles. The van der Waals surface area contributed by atoms with Crippen LogP contribution in [0.3, 0.4) is 0 Å². The molecule has 1 fully saturated rings. The molecular formula is C12H24O. The van der Waals surface area contributed by atoms with E-state index in [0.29, 0.717) is 0 Å². The fraction of sp³-hybridized carbons (Fsp3) is 1.00. The summed E-state index contributed by atoms with van der Waals surface area (Å²) in [7, 11) is 0. The zero-order chi connectivity index (χ0) is 9.36. The van der Waals surface area contributed by atoms with Gasteiger partial charge in [-0.3, -0.25) is 0 Å². The Hall–Kier alpha value is -0.0400. The molecule has 0 radical (unpaired) electrons. The van der Waals surface area contributed by atoms with Gasteiger partial charge in [0.15, 0.2) is 0 Å². The van der Waals surface area contributed by atoms with Crippen LogP contribution < -0.4 is 0 Å². The molecule has 0 N–H and O–H groups in total. The maximum Gasteiger partial charge on any atom is 0.0466 e. The highest BCUT2D eigenvalue weighted by Gasteiger charge is 2.10. The summed E-state index contributed by atoms with van der Waals surface area (Å²) >= 11 is 0. The molecular weight excluding hydrogens is 160 g/mol. The number of hydrogen-bond donors (Lipinski definition) is 0. The second kappa shape index (κ2) is 7.37. The van der Waals surface area contributed by atoms with Gasteiger partial charge in [0.25, 0.3) is 0 Å². The molecule has 1 heteroatoms. The predicted molar refractivity (Wildman–Crippen MR) is 56.9 cm³/mol. The molecule has 1 rings (SSSR count). The average Bonchev–Trinajstić information content (AvgIpc) is 2.08. The summed E-state index contributed by atoms with van der Waals surface area (Å²) in [6.07, 6.45) is 11.1. The Morgan fingerprint density at radius 2 is 1.77 bits per heavy atom. The van der Waals surface area contributed by atoms with Gasteiger partial charge in [-0.1, -0.05) is 32.6 Å². The van der Waals surface area contributed by atoms with Gasteiger partial charge in [-0.2, -0.15) is 0 Å². The van der Waals surface area contributed by atoms with Crippen molar-refractivity contribution in [1.82, 2.24) is 0 Å². The molecule has 1 saturated heterocycles. The zero-order valence-corrected chi connectivity index (χ0v) is 9.06. The summed E-state index contributed by atoms with van der Waals surface area (Å²) in [6, 6.07) is 0. The van der Waals surface area contributed by atoms with E-state index in [1.165, 1.54) is 51.4 Å². The highest BCUT2D eigenvalue weighted by atomic mass is 16.5. The average molecular weight is 184 g/mol. The quantitative estimate of drug-likeness (QED) is 0.604. The van der Waals surface area contributed by atoms with Crippen molar-refractivity contribution in [2.75, 3.05) is 13.2 Å². The first-order valence-electron chi connectivity index (χ1n) is 6.01. The highest BCUT2D eigenvalue weighted by Crippen LogP contribution is 2.22. The fourth-order valence-corrected chi connectivity index (χ4v) is 2.17. The first-order chi connectivity index (χ1) is 6.43. The summed E-state index contributed by atoms with van der Waals surface area (Å²) in [6.45, 7) is 4.29. The van der Waals surface area contributed by atoms with E-state index in [-0.39, 0.29) is 0 Å². The Bertz CT molecular complexity index is 104. The van der Waals surface area contributed by atoms with Crippen LogP contribution >= 0.6 is 0 Å². The number of hydrogen-bond acceptors (Lipinski definition) is 1. The Balaban J connectivity index is 2.06. The lowest BCUT2D eigenvalue weighted by molar-refractivity contribution is 0.103. The van der Waals surface area contributed by atoms with Gasteiger partial charge in [0.2, 0.25) is 0 Å². The summed E-state index contributed by atoms with van der Waals surface area (Å²) in [4.78, 5) is 0. The van der Waals surface area contributed by atoms with Gasteiger partial charge >= 0.3 is 0 Å². The second-order valence-corrected chi connectivity index (χ2v) is 4.26. The van der Waals surface area contributed by atoms with E-state index in [1.54, 1.807) is 0 Å². The van der Waals surface area contributed by atoms with E-state index < -0.39 is 0 Å². The molecule has 0 aromatic rings. The standard InChI is InChI=1S/C12H24O/c1-2-3-4-7-12-8-5-10-13-11-6-9-12/h12H,2-11H2,1H3. The lowest BCUT2D eigenvalue weighted by atomic mass is 9.91. The molecule has 0 amide bonds. The fourth-order valence-electron chi connectivity index (χ4n) is 2.17. The number of ether oxygens (including phenoxy) is 1. The van der Waals surface area contributed by atoms with E-state index in [0.717, 1.165) is 19.1 Å². The lowest BCUT2D eigenvalue weighted by Gasteiger charge is -2.19. The van der Waals surface area contributed by atoms with Crippen molar-refractivity contribution in [3.63, 3.8) is 0 Å². The molecule has 1 aliphatic heterocycles. The van der Waals surface area contributed by atoms with Gasteiger partial charge in [-0.05, 0) is 31.6 Å². The first-order valence-corrected chi connectivity index (χ1v) is 6.01. The normalized spacial score (nSPS) is 21.0. The molecule has 0 aromatic carbocycles. The van der Waals surface area contributed by atoms with E-state index in [2.05, 4.69) is 6.92 Å². The van der Waals surface area contributed by atoms with Crippen LogP contribution in [0.2, 0.25) is 0 Å². The molecule has 13 heavy (non-hydrogen) atoms. The van der Waals surface area contributed by atoms with Crippen LogP contribution in [0.15, 0.2) is 0 Å². The summed E-state index contributed by atoms with van der Waals surface area (Å²) < 4.78 is 5.45. The Morgan fingerprint density at radius 1 is 1.08 bits per heavy atom. The van der Waals surface area contributed by atoms with Crippen LogP contribution in [0.25, 0.3) is 0 Å². The molecule has 78 valence electrons. The van der Waals surface area contributed by atoms with Crippen LogP contribution in [0.5, 0.6) is 0 Å². The summed E-state index contributed by atoms with van der Waals surface area (Å²) in [5, 5.41) is 0. The summed E-state index contributed by atoms with van der Waals surface area (Å²) in [5.41, 5.74) is 0. The molecule has 0 saturated carbocycles. The van der Waals surface area contributed by atoms with Crippen molar-refractivity contribution >= 4 is 0 Å². The van der Waals surface area contributed by atoms with Gasteiger partial charge in [0.1, 0.15) is 0 Å². The molecule has 0 aromatic heterocycles. The van der Waals surface area contributed by atoms with Crippen LogP contribution in [0, 0.1) is 5.92 Å². The van der Waals surface area contributed by atoms with Gasteiger partial charge in [-0.15, -0.1) is 0 Å². The summed E-state index contributed by atoms with van der Waals surface area (Å²) in [5.74, 6) is 1.01. The van der Waals surface area contributed by atoms with Gasteiger partial charge < -0.3 is 4.74 Å². The molecule has 0 spiro atoms. The minimum Gasteiger partial charge on any atom is -0.381 e. The minimum absolute atomic E-state index is 1.00. The first kappa shape index (κ1) is 11.0. The topological polar surface area (TPSA) is 9.23 Å². The van der Waals surface area contributed by atoms with Gasteiger partial charge in [0.05, 0.1) is 0 Å². The Labute approximate surface area is 82.9 Å². The van der Waals surface area contributed by atoms with Crippen LogP contribution in [-0.4, -0.2) is 13.2 Å². The minimum atomic E-state index is 1.00. The third-order valence-corrected chi connectivity index (χ3v) is 3.02. The van der Waals surface area contributed by atoms with E-state index >= 15 is 0 Å². The zero-order valence-electron chi connectivity index (χ0n) is 9.06. The van der Waals surface area contributed by atoms with E-state index in [9.17, 15) is 0 Å². The molecule has 0 aliphatic carbocycles. The Kier molecular flexibility index (Phi) is 6.26. The lowest BCUT2D eigenvalue weighted by Crippen LogP contribution is -2.09. The maximum atomic E-state index is 5.45. The number of rotatable bonds is 4. The van der Waals surface area contributed by atoms with Crippen LogP contribution in [0.1, 0.15) is 58.3 Å². The second-order valence-electron chi connectivity index (χ2n) is 4.26. The monoisotopic (exact) mass is 184 g/mol.